The molecule has 0 aliphatic heterocycles. The topological polar surface area (TPSA) is 87.9 Å². The van der Waals surface area contributed by atoms with E-state index in [1.807, 2.05) is 0 Å². The molecule has 25 heavy (non-hydrogen) atoms. The lowest BCUT2D eigenvalue weighted by Gasteiger charge is -2.10. The smallest absolute Gasteiger partial charge is 0.465 e. The van der Waals surface area contributed by atoms with Crippen LogP contribution < -0.4 is 10.5 Å². The van der Waals surface area contributed by atoms with Gasteiger partial charge in [-0.2, -0.15) is 0 Å². The van der Waals surface area contributed by atoms with Crippen LogP contribution in [0.25, 0.3) is 0 Å². The highest BCUT2D eigenvalue weighted by molar-refractivity contribution is 5.93. The standard InChI is InChI=1S/C19H29NO5/c1-3-4-5-6-7-8-9-10-13-24-19(22)25-17-14-15(20)11-12-16(17)18(21)23-2/h11-12,14H,3-10,13,20H2,1-2H3. The summed E-state index contributed by atoms with van der Waals surface area (Å²) in [6.07, 6.45) is 8.44. The largest absolute Gasteiger partial charge is 0.513 e. The van der Waals surface area contributed by atoms with Crippen molar-refractivity contribution in [1.82, 2.24) is 0 Å². The van der Waals surface area contributed by atoms with Crippen molar-refractivity contribution in [2.45, 2.75) is 58.3 Å². The van der Waals surface area contributed by atoms with Crippen molar-refractivity contribution in [1.29, 1.82) is 0 Å². The number of benzene rings is 1. The molecule has 0 fully saturated rings. The molecule has 0 saturated heterocycles. The SMILES string of the molecule is CCCCCCCCCCOC(=O)Oc1cc(N)ccc1C(=O)OC. The minimum absolute atomic E-state index is 0.0350. The number of nitrogen functional groups attached to an aromatic ring is 1. The van der Waals surface area contributed by atoms with E-state index in [1.165, 1.54) is 57.4 Å². The number of carbonyl (C=O) groups excluding carboxylic acids is 2. The Morgan fingerprint density at radius 3 is 2.28 bits per heavy atom. The van der Waals surface area contributed by atoms with Crippen molar-refractivity contribution >= 4 is 17.8 Å². The molecule has 140 valence electrons. The maximum atomic E-state index is 11.8. The molecule has 0 spiro atoms. The first-order chi connectivity index (χ1) is 12.1. The van der Waals surface area contributed by atoms with Crippen LogP contribution in [-0.4, -0.2) is 25.8 Å². The number of anilines is 1. The molecule has 0 amide bonds. The molecule has 0 aliphatic carbocycles. The zero-order valence-corrected chi connectivity index (χ0v) is 15.2. The highest BCUT2D eigenvalue weighted by atomic mass is 16.7. The predicted molar refractivity (Wildman–Crippen MR) is 96.8 cm³/mol. The zero-order valence-electron chi connectivity index (χ0n) is 15.2. The maximum Gasteiger partial charge on any atom is 0.513 e. The van der Waals surface area contributed by atoms with E-state index >= 15 is 0 Å². The van der Waals surface area contributed by atoms with Crippen LogP contribution in [0, 0.1) is 0 Å². The molecule has 6 nitrogen and oxygen atoms in total. The minimum atomic E-state index is -0.848. The number of unbranched alkanes of at least 4 members (excludes halogenated alkanes) is 7. The summed E-state index contributed by atoms with van der Waals surface area (Å²) >= 11 is 0. The Labute approximate surface area is 149 Å². The molecule has 0 bridgehead atoms. The van der Waals surface area contributed by atoms with Crippen LogP contribution in [0.5, 0.6) is 5.75 Å². The molecule has 2 N–H and O–H groups in total. The van der Waals surface area contributed by atoms with Gasteiger partial charge in [-0.1, -0.05) is 51.9 Å². The van der Waals surface area contributed by atoms with Gasteiger partial charge in [-0.15, -0.1) is 0 Å². The number of hydrogen-bond acceptors (Lipinski definition) is 6. The van der Waals surface area contributed by atoms with Gasteiger partial charge in [0.15, 0.2) is 5.75 Å². The van der Waals surface area contributed by atoms with E-state index < -0.39 is 12.1 Å². The number of hydrogen-bond donors (Lipinski definition) is 1. The summed E-state index contributed by atoms with van der Waals surface area (Å²) in [5.41, 5.74) is 6.16. The molecular weight excluding hydrogens is 322 g/mol. The summed E-state index contributed by atoms with van der Waals surface area (Å²) in [7, 11) is 1.25. The second-order valence-electron chi connectivity index (χ2n) is 5.92. The molecular formula is C19H29NO5. The van der Waals surface area contributed by atoms with E-state index in [4.69, 9.17) is 15.2 Å². The number of nitrogens with two attached hydrogens (primary N) is 1. The average molecular weight is 351 g/mol. The van der Waals surface area contributed by atoms with Gasteiger partial charge in [0.05, 0.1) is 13.7 Å². The Morgan fingerprint density at radius 1 is 1.00 bits per heavy atom. The molecule has 6 heteroatoms. The first-order valence-electron chi connectivity index (χ1n) is 8.91. The summed E-state index contributed by atoms with van der Waals surface area (Å²) in [5.74, 6) is -0.571. The molecule has 0 saturated carbocycles. The Bertz CT molecular complexity index is 545. The van der Waals surface area contributed by atoms with Gasteiger partial charge in [-0.3, -0.25) is 0 Å². The lowest BCUT2D eigenvalue weighted by Crippen LogP contribution is -2.14. The normalized spacial score (nSPS) is 10.3. The molecule has 0 unspecified atom stereocenters. The molecule has 0 aliphatic rings. The number of methoxy groups -OCH3 is 1. The van der Waals surface area contributed by atoms with Crippen LogP contribution in [0.4, 0.5) is 10.5 Å². The molecule has 0 aromatic heterocycles. The summed E-state index contributed by atoms with van der Waals surface area (Å²) in [6, 6.07) is 4.37. The third-order valence-corrected chi connectivity index (χ3v) is 3.82. The van der Waals surface area contributed by atoms with E-state index in [1.54, 1.807) is 0 Å². The van der Waals surface area contributed by atoms with Crippen molar-refractivity contribution in [3.63, 3.8) is 0 Å². The van der Waals surface area contributed by atoms with Gasteiger partial charge in [0.2, 0.25) is 0 Å². The van der Waals surface area contributed by atoms with Crippen LogP contribution in [0.3, 0.4) is 0 Å². The van der Waals surface area contributed by atoms with Gasteiger partial charge in [-0.05, 0) is 18.6 Å². The summed E-state index contributed by atoms with van der Waals surface area (Å²) in [4.78, 5) is 23.4. The molecule has 1 rings (SSSR count). The Morgan fingerprint density at radius 2 is 1.64 bits per heavy atom. The predicted octanol–water partition coefficient (Wildman–Crippen LogP) is 4.71. The average Bonchev–Trinajstić information content (AvgIpc) is 2.60. The Hall–Kier alpha value is -2.24. The third-order valence-electron chi connectivity index (χ3n) is 3.82. The van der Waals surface area contributed by atoms with Crippen molar-refractivity contribution in [3.8, 4) is 5.75 Å². The van der Waals surface area contributed by atoms with Crippen LogP contribution in [0.15, 0.2) is 18.2 Å². The first kappa shape index (κ1) is 20.8. The lowest BCUT2D eigenvalue weighted by atomic mass is 10.1. The molecule has 0 heterocycles. The van der Waals surface area contributed by atoms with E-state index in [-0.39, 0.29) is 11.3 Å². The Kier molecular flexibility index (Phi) is 10.1. The van der Waals surface area contributed by atoms with E-state index in [2.05, 4.69) is 11.7 Å². The van der Waals surface area contributed by atoms with Crippen molar-refractivity contribution in [2.24, 2.45) is 0 Å². The van der Waals surface area contributed by atoms with Crippen LogP contribution in [-0.2, 0) is 9.47 Å². The van der Waals surface area contributed by atoms with E-state index in [0.29, 0.717) is 12.3 Å². The van der Waals surface area contributed by atoms with Crippen LogP contribution in [0.2, 0.25) is 0 Å². The lowest BCUT2D eigenvalue weighted by molar-refractivity contribution is 0.0594. The molecule has 1 aromatic rings. The van der Waals surface area contributed by atoms with E-state index in [0.717, 1.165) is 19.3 Å². The number of ether oxygens (including phenoxy) is 3. The molecule has 1 aromatic carbocycles. The van der Waals surface area contributed by atoms with Gasteiger partial charge < -0.3 is 19.9 Å². The fourth-order valence-electron chi connectivity index (χ4n) is 2.41. The van der Waals surface area contributed by atoms with Gasteiger partial charge in [0, 0.05) is 11.8 Å². The number of carbonyl (C=O) groups is 2. The molecule has 0 radical (unpaired) electrons. The quantitative estimate of drug-likeness (QED) is 0.269. The van der Waals surface area contributed by atoms with Crippen molar-refractivity contribution < 1.29 is 23.8 Å². The zero-order chi connectivity index (χ0) is 18.5. The summed E-state index contributed by atoms with van der Waals surface area (Å²) in [5, 5.41) is 0. The van der Waals surface area contributed by atoms with Gasteiger partial charge in [0.1, 0.15) is 5.56 Å². The highest BCUT2D eigenvalue weighted by Gasteiger charge is 2.17. The van der Waals surface area contributed by atoms with Crippen LogP contribution in [0.1, 0.15) is 68.6 Å². The number of esters is 1. The van der Waals surface area contributed by atoms with Crippen LogP contribution >= 0.6 is 0 Å². The highest BCUT2D eigenvalue weighted by Crippen LogP contribution is 2.23. The van der Waals surface area contributed by atoms with E-state index in [9.17, 15) is 9.59 Å². The van der Waals surface area contributed by atoms with Gasteiger partial charge in [0.25, 0.3) is 0 Å². The second-order valence-corrected chi connectivity index (χ2v) is 5.92. The first-order valence-corrected chi connectivity index (χ1v) is 8.91. The minimum Gasteiger partial charge on any atom is -0.465 e. The fraction of sp³-hybridized carbons (Fsp3) is 0.579. The number of rotatable bonds is 11. The fourth-order valence-corrected chi connectivity index (χ4v) is 2.41. The van der Waals surface area contributed by atoms with Gasteiger partial charge >= 0.3 is 12.1 Å². The second kappa shape index (κ2) is 12.2. The third kappa shape index (κ3) is 8.42. The van der Waals surface area contributed by atoms with Gasteiger partial charge in [-0.25, -0.2) is 9.59 Å². The van der Waals surface area contributed by atoms with Crippen molar-refractivity contribution in [3.05, 3.63) is 23.8 Å². The summed E-state index contributed by atoms with van der Waals surface area (Å²) in [6.45, 7) is 2.50. The summed E-state index contributed by atoms with van der Waals surface area (Å²) < 4.78 is 14.8. The monoisotopic (exact) mass is 351 g/mol. The van der Waals surface area contributed by atoms with Crippen molar-refractivity contribution in [2.75, 3.05) is 19.5 Å². The maximum absolute atomic E-state index is 11.8. The molecule has 0 atom stereocenters. The Balaban J connectivity index is 2.28.